The molecule has 0 saturated carbocycles. The van der Waals surface area contributed by atoms with Crippen LogP contribution in [0.3, 0.4) is 0 Å². The number of nitrogens with zero attached hydrogens (tertiary/aromatic N) is 1. The average Bonchev–Trinajstić information content (AvgIpc) is 2.33. The van der Waals surface area contributed by atoms with E-state index in [4.69, 9.17) is 9.47 Å². The van der Waals surface area contributed by atoms with E-state index in [1.54, 1.807) is 13.8 Å². The van der Waals surface area contributed by atoms with Gasteiger partial charge in [0, 0.05) is 5.75 Å². The van der Waals surface area contributed by atoms with Crippen molar-refractivity contribution in [1.29, 1.82) is 0 Å². The summed E-state index contributed by atoms with van der Waals surface area (Å²) in [5.41, 5.74) is 2.34. The molecule has 0 spiro atoms. The number of amides is 2. The predicted molar refractivity (Wildman–Crippen MR) is 71.0 cm³/mol. The summed E-state index contributed by atoms with van der Waals surface area (Å²) < 4.78 is 10.6. The first kappa shape index (κ1) is 16.9. The molecule has 0 fully saturated rings. The van der Waals surface area contributed by atoms with E-state index < -0.39 is 12.2 Å². The molecule has 0 aromatic heterocycles. The third-order valence-electron chi connectivity index (χ3n) is 1.87. The zero-order valence-electron chi connectivity index (χ0n) is 11.2. The second-order valence-electron chi connectivity index (χ2n) is 3.37. The van der Waals surface area contributed by atoms with E-state index in [-0.39, 0.29) is 13.2 Å². The molecule has 0 aromatic carbocycles. The van der Waals surface area contributed by atoms with Gasteiger partial charge in [-0.05, 0) is 32.2 Å². The van der Waals surface area contributed by atoms with Gasteiger partial charge < -0.3 is 9.47 Å². The molecule has 0 bridgehead atoms. The van der Waals surface area contributed by atoms with Crippen LogP contribution in [0.5, 0.6) is 0 Å². The zero-order valence-corrected chi connectivity index (χ0v) is 12.0. The van der Waals surface area contributed by atoms with E-state index in [1.807, 2.05) is 0 Å². The van der Waals surface area contributed by atoms with Crippen LogP contribution in [0.4, 0.5) is 9.59 Å². The van der Waals surface area contributed by atoms with Crippen LogP contribution >= 0.6 is 11.9 Å². The van der Waals surface area contributed by atoms with Crippen molar-refractivity contribution in [2.45, 2.75) is 40.0 Å². The van der Waals surface area contributed by atoms with Gasteiger partial charge in [0.25, 0.3) is 0 Å². The summed E-state index contributed by atoms with van der Waals surface area (Å²) in [7, 11) is 0. The highest BCUT2D eigenvalue weighted by Gasteiger charge is 2.18. The monoisotopic (exact) mass is 278 g/mol. The smallest absolute Gasteiger partial charge is 0.439 e. The molecule has 0 radical (unpaired) electrons. The topological polar surface area (TPSA) is 67.9 Å². The number of rotatable bonds is 7. The van der Waals surface area contributed by atoms with Gasteiger partial charge in [-0.15, -0.1) is 0 Å². The third kappa shape index (κ3) is 8.05. The van der Waals surface area contributed by atoms with Crippen LogP contribution in [0.15, 0.2) is 0 Å². The Bertz CT molecular complexity index is 251. The van der Waals surface area contributed by atoms with E-state index in [0.717, 1.165) is 29.4 Å². The second kappa shape index (κ2) is 11.0. The molecule has 0 saturated heterocycles. The number of hydrogen-bond donors (Lipinski definition) is 1. The Morgan fingerprint density at radius 2 is 1.78 bits per heavy atom. The van der Waals surface area contributed by atoms with Crippen molar-refractivity contribution in [2.24, 2.45) is 0 Å². The molecular formula is C11H22N2O4S. The lowest BCUT2D eigenvalue weighted by atomic mass is 10.3. The molecule has 106 valence electrons. The van der Waals surface area contributed by atoms with Crippen LogP contribution in [0.1, 0.15) is 40.0 Å². The molecule has 0 aromatic rings. The van der Waals surface area contributed by atoms with E-state index in [1.165, 1.54) is 11.9 Å². The SMILES string of the molecule is CCCCCSN(NC(=O)OCC)C(=O)OCC. The lowest BCUT2D eigenvalue weighted by Crippen LogP contribution is -2.42. The van der Waals surface area contributed by atoms with Crippen LogP contribution in [0.2, 0.25) is 0 Å². The average molecular weight is 278 g/mol. The number of hydrogen-bond acceptors (Lipinski definition) is 5. The minimum atomic E-state index is -0.659. The van der Waals surface area contributed by atoms with Crippen molar-refractivity contribution in [1.82, 2.24) is 9.84 Å². The first-order valence-corrected chi connectivity index (χ1v) is 7.13. The van der Waals surface area contributed by atoms with Gasteiger partial charge in [-0.2, -0.15) is 4.41 Å². The number of unbranched alkanes of at least 4 members (excludes halogenated alkanes) is 2. The molecule has 1 N–H and O–H groups in total. The quantitative estimate of drug-likeness (QED) is 0.440. The van der Waals surface area contributed by atoms with E-state index in [0.29, 0.717) is 0 Å². The highest BCUT2D eigenvalue weighted by molar-refractivity contribution is 7.97. The minimum Gasteiger partial charge on any atom is -0.449 e. The fourth-order valence-electron chi connectivity index (χ4n) is 1.07. The number of ether oxygens (including phenoxy) is 2. The predicted octanol–water partition coefficient (Wildman–Crippen LogP) is 2.94. The summed E-state index contributed by atoms with van der Waals surface area (Å²) in [6, 6.07) is 0. The van der Waals surface area contributed by atoms with E-state index >= 15 is 0 Å². The van der Waals surface area contributed by atoms with Crippen LogP contribution in [-0.2, 0) is 9.47 Å². The molecule has 0 rings (SSSR count). The third-order valence-corrected chi connectivity index (χ3v) is 2.84. The van der Waals surface area contributed by atoms with Crippen molar-refractivity contribution in [3.8, 4) is 0 Å². The van der Waals surface area contributed by atoms with Gasteiger partial charge in [0.2, 0.25) is 0 Å². The fourth-order valence-corrected chi connectivity index (χ4v) is 1.88. The molecule has 7 heteroatoms. The first-order chi connectivity index (χ1) is 8.65. The molecule has 0 unspecified atom stereocenters. The normalized spacial score (nSPS) is 9.72. The van der Waals surface area contributed by atoms with E-state index in [9.17, 15) is 9.59 Å². The number of carbonyl (C=O) groups excluding carboxylic acids is 2. The van der Waals surface area contributed by atoms with Crippen LogP contribution in [-0.4, -0.2) is 35.6 Å². The van der Waals surface area contributed by atoms with Crippen molar-refractivity contribution in [3.63, 3.8) is 0 Å². The molecule has 0 aliphatic rings. The summed E-state index contributed by atoms with van der Waals surface area (Å²) in [6.07, 6.45) is 1.91. The summed E-state index contributed by atoms with van der Waals surface area (Å²) in [5.74, 6) is 0.735. The van der Waals surface area contributed by atoms with Gasteiger partial charge >= 0.3 is 12.2 Å². The zero-order chi connectivity index (χ0) is 13.8. The molecular weight excluding hydrogens is 256 g/mol. The lowest BCUT2D eigenvalue weighted by Gasteiger charge is -2.20. The maximum atomic E-state index is 11.6. The molecule has 0 heterocycles. The lowest BCUT2D eigenvalue weighted by molar-refractivity contribution is 0.106. The number of hydrazine groups is 1. The Morgan fingerprint density at radius 3 is 2.33 bits per heavy atom. The highest BCUT2D eigenvalue weighted by Crippen LogP contribution is 2.12. The Balaban J connectivity index is 4.15. The maximum absolute atomic E-state index is 11.6. The molecule has 0 aliphatic carbocycles. The molecule has 6 nitrogen and oxygen atoms in total. The Hall–Kier alpha value is -1.11. The summed E-state index contributed by atoms with van der Waals surface area (Å²) in [6.45, 7) is 6.02. The summed E-state index contributed by atoms with van der Waals surface area (Å²) in [5, 5.41) is 0. The fraction of sp³-hybridized carbons (Fsp3) is 0.818. The summed E-state index contributed by atoms with van der Waals surface area (Å²) >= 11 is 1.21. The molecule has 18 heavy (non-hydrogen) atoms. The second-order valence-corrected chi connectivity index (χ2v) is 4.40. The highest BCUT2D eigenvalue weighted by atomic mass is 32.2. The van der Waals surface area contributed by atoms with E-state index in [2.05, 4.69) is 12.3 Å². The van der Waals surface area contributed by atoms with Crippen molar-refractivity contribution in [3.05, 3.63) is 0 Å². The van der Waals surface area contributed by atoms with Crippen molar-refractivity contribution >= 4 is 24.1 Å². The molecule has 0 atom stereocenters. The summed E-state index contributed by atoms with van der Waals surface area (Å²) in [4.78, 5) is 22.8. The first-order valence-electron chi connectivity index (χ1n) is 6.18. The van der Waals surface area contributed by atoms with Gasteiger partial charge in [0.05, 0.1) is 13.2 Å². The number of nitrogens with one attached hydrogen (secondary N) is 1. The van der Waals surface area contributed by atoms with Gasteiger partial charge in [0.15, 0.2) is 0 Å². The maximum Gasteiger partial charge on any atom is 0.439 e. The Kier molecular flexibility index (Phi) is 10.3. The number of carbonyl (C=O) groups is 2. The molecule has 2 amide bonds. The largest absolute Gasteiger partial charge is 0.449 e. The van der Waals surface area contributed by atoms with Crippen LogP contribution in [0, 0.1) is 0 Å². The van der Waals surface area contributed by atoms with Gasteiger partial charge in [-0.1, -0.05) is 19.8 Å². The van der Waals surface area contributed by atoms with Gasteiger partial charge in [-0.3, -0.25) is 0 Å². The Morgan fingerprint density at radius 1 is 1.11 bits per heavy atom. The Labute approximate surface area is 112 Å². The van der Waals surface area contributed by atoms with Crippen LogP contribution in [0.25, 0.3) is 0 Å². The van der Waals surface area contributed by atoms with Crippen molar-refractivity contribution in [2.75, 3.05) is 19.0 Å². The van der Waals surface area contributed by atoms with Gasteiger partial charge in [-0.25, -0.2) is 15.0 Å². The van der Waals surface area contributed by atoms with Crippen LogP contribution < -0.4 is 5.43 Å². The minimum absolute atomic E-state index is 0.253. The van der Waals surface area contributed by atoms with Crippen molar-refractivity contribution < 1.29 is 19.1 Å². The standard InChI is InChI=1S/C11H22N2O4S/c1-4-7-8-9-18-13(11(15)17-6-3)12-10(14)16-5-2/h4-9H2,1-3H3,(H,12,14). The molecule has 0 aliphatic heterocycles. The van der Waals surface area contributed by atoms with Gasteiger partial charge in [0.1, 0.15) is 0 Å².